The van der Waals surface area contributed by atoms with E-state index in [1.807, 2.05) is 12.1 Å². The van der Waals surface area contributed by atoms with E-state index >= 15 is 0 Å². The predicted molar refractivity (Wildman–Crippen MR) is 81.0 cm³/mol. The summed E-state index contributed by atoms with van der Waals surface area (Å²) in [6, 6.07) is 7.30. The van der Waals surface area contributed by atoms with Crippen molar-refractivity contribution < 1.29 is 0 Å². The molecule has 0 saturated carbocycles. The lowest BCUT2D eigenvalue weighted by molar-refractivity contribution is 0.621. The molecule has 0 saturated heterocycles. The third-order valence-corrected chi connectivity index (χ3v) is 3.35. The van der Waals surface area contributed by atoms with Crippen molar-refractivity contribution >= 4 is 34.8 Å². The molecular formula is C14H13Cl3N2. The second kappa shape index (κ2) is 6.08. The molecule has 100 valence electrons. The topological polar surface area (TPSA) is 25.8 Å². The standard InChI is InChI=1S/C14H13Cl3N2/c1-8(2)6-11-18-13(16)12(14(17)19-11)9-4-3-5-10(15)7-9/h3-5,7-8H,6H2,1-2H3. The van der Waals surface area contributed by atoms with Crippen LogP contribution < -0.4 is 0 Å². The van der Waals surface area contributed by atoms with Crippen molar-refractivity contribution in [2.24, 2.45) is 5.92 Å². The quantitative estimate of drug-likeness (QED) is 0.718. The lowest BCUT2D eigenvalue weighted by atomic mass is 10.1. The first-order valence-corrected chi connectivity index (χ1v) is 7.08. The summed E-state index contributed by atoms with van der Waals surface area (Å²) in [5.74, 6) is 1.11. The number of halogens is 3. The summed E-state index contributed by atoms with van der Waals surface area (Å²) in [4.78, 5) is 8.61. The van der Waals surface area contributed by atoms with E-state index in [-0.39, 0.29) is 0 Å². The van der Waals surface area contributed by atoms with Crippen LogP contribution in [0.1, 0.15) is 19.7 Å². The van der Waals surface area contributed by atoms with E-state index < -0.39 is 0 Å². The first-order valence-electron chi connectivity index (χ1n) is 5.95. The van der Waals surface area contributed by atoms with E-state index in [9.17, 15) is 0 Å². The van der Waals surface area contributed by atoms with Crippen LogP contribution in [-0.2, 0) is 6.42 Å². The van der Waals surface area contributed by atoms with Crippen molar-refractivity contribution in [1.29, 1.82) is 0 Å². The van der Waals surface area contributed by atoms with Gasteiger partial charge in [-0.25, -0.2) is 9.97 Å². The Labute approximate surface area is 127 Å². The fraction of sp³-hybridized carbons (Fsp3) is 0.286. The fourth-order valence-electron chi connectivity index (χ4n) is 1.79. The normalized spacial score (nSPS) is 11.1. The molecule has 0 aliphatic rings. The second-order valence-corrected chi connectivity index (χ2v) is 5.86. The zero-order valence-corrected chi connectivity index (χ0v) is 12.9. The summed E-state index contributed by atoms with van der Waals surface area (Å²) in [5, 5.41) is 1.34. The van der Waals surface area contributed by atoms with Crippen LogP contribution in [0.15, 0.2) is 24.3 Å². The van der Waals surface area contributed by atoms with Crippen molar-refractivity contribution in [3.8, 4) is 11.1 Å². The van der Waals surface area contributed by atoms with Gasteiger partial charge >= 0.3 is 0 Å². The third-order valence-electron chi connectivity index (χ3n) is 2.57. The average Bonchev–Trinajstić information content (AvgIpc) is 2.26. The first kappa shape index (κ1) is 14.6. The lowest BCUT2D eigenvalue weighted by Crippen LogP contribution is -2.02. The molecule has 0 atom stereocenters. The number of nitrogens with zero attached hydrogens (tertiary/aromatic N) is 2. The van der Waals surface area contributed by atoms with E-state index in [0.717, 1.165) is 12.0 Å². The lowest BCUT2D eigenvalue weighted by Gasteiger charge is -2.10. The summed E-state index contributed by atoms with van der Waals surface area (Å²) >= 11 is 18.4. The second-order valence-electron chi connectivity index (χ2n) is 4.70. The van der Waals surface area contributed by atoms with Crippen molar-refractivity contribution in [1.82, 2.24) is 9.97 Å². The number of hydrogen-bond donors (Lipinski definition) is 0. The van der Waals surface area contributed by atoms with Crippen molar-refractivity contribution in [2.75, 3.05) is 0 Å². The highest BCUT2D eigenvalue weighted by Crippen LogP contribution is 2.33. The predicted octanol–water partition coefficient (Wildman–Crippen LogP) is 5.30. The maximum absolute atomic E-state index is 6.23. The fourth-order valence-corrected chi connectivity index (χ4v) is 2.62. The minimum atomic E-state index is 0.359. The van der Waals surface area contributed by atoms with Crippen molar-refractivity contribution in [2.45, 2.75) is 20.3 Å². The zero-order chi connectivity index (χ0) is 14.0. The van der Waals surface area contributed by atoms with Gasteiger partial charge in [0, 0.05) is 11.4 Å². The summed E-state index contributed by atoms with van der Waals surface area (Å²) in [7, 11) is 0. The molecule has 0 aliphatic heterocycles. The molecule has 2 aromatic rings. The van der Waals surface area contributed by atoms with Crippen LogP contribution in [0.3, 0.4) is 0 Å². The van der Waals surface area contributed by atoms with E-state index in [1.54, 1.807) is 12.1 Å². The zero-order valence-electron chi connectivity index (χ0n) is 10.6. The Morgan fingerprint density at radius 1 is 1.05 bits per heavy atom. The minimum absolute atomic E-state index is 0.359. The van der Waals surface area contributed by atoms with Gasteiger partial charge in [-0.05, 0) is 23.6 Å². The van der Waals surface area contributed by atoms with Gasteiger partial charge < -0.3 is 0 Å². The van der Waals surface area contributed by atoms with Gasteiger partial charge in [0.2, 0.25) is 0 Å². The van der Waals surface area contributed by atoms with E-state index in [4.69, 9.17) is 34.8 Å². The average molecular weight is 316 g/mol. The minimum Gasteiger partial charge on any atom is -0.220 e. The molecule has 2 nitrogen and oxygen atoms in total. The monoisotopic (exact) mass is 314 g/mol. The SMILES string of the molecule is CC(C)Cc1nc(Cl)c(-c2cccc(Cl)c2)c(Cl)n1. The molecule has 0 radical (unpaired) electrons. The number of benzene rings is 1. The molecule has 0 spiro atoms. The highest BCUT2D eigenvalue weighted by molar-refractivity contribution is 6.38. The van der Waals surface area contributed by atoms with Gasteiger partial charge in [0.1, 0.15) is 16.1 Å². The van der Waals surface area contributed by atoms with Crippen molar-refractivity contribution in [3.05, 3.63) is 45.4 Å². The van der Waals surface area contributed by atoms with Crippen LogP contribution in [0.2, 0.25) is 15.3 Å². The molecule has 1 heterocycles. The van der Waals surface area contributed by atoms with Crippen LogP contribution in [0.25, 0.3) is 11.1 Å². The number of hydrogen-bond acceptors (Lipinski definition) is 2. The Hall–Kier alpha value is -0.830. The van der Waals surface area contributed by atoms with Crippen LogP contribution in [0.5, 0.6) is 0 Å². The summed E-state index contributed by atoms with van der Waals surface area (Å²) in [5.41, 5.74) is 1.44. The van der Waals surface area contributed by atoms with Crippen LogP contribution in [0, 0.1) is 5.92 Å². The molecule has 2 rings (SSSR count). The van der Waals surface area contributed by atoms with E-state index in [1.165, 1.54) is 0 Å². The molecule has 1 aromatic carbocycles. The van der Waals surface area contributed by atoms with Gasteiger partial charge in [-0.2, -0.15) is 0 Å². The molecule has 19 heavy (non-hydrogen) atoms. The maximum Gasteiger partial charge on any atom is 0.142 e. The molecule has 0 fully saturated rings. The summed E-state index contributed by atoms with van der Waals surface area (Å²) in [6.07, 6.45) is 0.745. The highest BCUT2D eigenvalue weighted by atomic mass is 35.5. The smallest absolute Gasteiger partial charge is 0.142 e. The molecule has 0 bridgehead atoms. The van der Waals surface area contributed by atoms with Gasteiger partial charge in [0.25, 0.3) is 0 Å². The summed E-state index contributed by atoms with van der Waals surface area (Å²) in [6.45, 7) is 4.19. The van der Waals surface area contributed by atoms with Crippen LogP contribution >= 0.6 is 34.8 Å². The molecule has 1 aromatic heterocycles. The van der Waals surface area contributed by atoms with Gasteiger partial charge in [-0.15, -0.1) is 0 Å². The maximum atomic E-state index is 6.23. The number of aromatic nitrogens is 2. The van der Waals surface area contributed by atoms with Gasteiger partial charge in [0.15, 0.2) is 0 Å². The van der Waals surface area contributed by atoms with E-state index in [0.29, 0.717) is 32.6 Å². The van der Waals surface area contributed by atoms with Gasteiger partial charge in [0.05, 0.1) is 5.56 Å². The van der Waals surface area contributed by atoms with Crippen molar-refractivity contribution in [3.63, 3.8) is 0 Å². The molecule has 0 aliphatic carbocycles. The molecule has 0 amide bonds. The Bertz CT molecular complexity index is 574. The summed E-state index contributed by atoms with van der Waals surface area (Å²) < 4.78 is 0. The Kier molecular flexibility index (Phi) is 4.67. The van der Waals surface area contributed by atoms with Crippen LogP contribution in [-0.4, -0.2) is 9.97 Å². The highest BCUT2D eigenvalue weighted by Gasteiger charge is 2.14. The Morgan fingerprint density at radius 2 is 1.68 bits per heavy atom. The first-order chi connectivity index (χ1) is 8.97. The number of rotatable bonds is 3. The van der Waals surface area contributed by atoms with Crippen LogP contribution in [0.4, 0.5) is 0 Å². The van der Waals surface area contributed by atoms with E-state index in [2.05, 4.69) is 23.8 Å². The molecule has 5 heteroatoms. The third kappa shape index (κ3) is 3.59. The van der Waals surface area contributed by atoms with Gasteiger partial charge in [-0.1, -0.05) is 60.8 Å². The molecule has 0 N–H and O–H groups in total. The Morgan fingerprint density at radius 3 is 2.21 bits per heavy atom. The largest absolute Gasteiger partial charge is 0.220 e. The van der Waals surface area contributed by atoms with Gasteiger partial charge in [-0.3, -0.25) is 0 Å². The molecular weight excluding hydrogens is 303 g/mol. The Balaban J connectivity index is 2.47. The molecule has 0 unspecified atom stereocenters.